The van der Waals surface area contributed by atoms with E-state index in [4.69, 9.17) is 0 Å². The summed E-state index contributed by atoms with van der Waals surface area (Å²) in [7, 11) is -3.59. The molecule has 0 aliphatic rings. The van der Waals surface area contributed by atoms with Gasteiger partial charge in [-0.25, -0.2) is 18.1 Å². The summed E-state index contributed by atoms with van der Waals surface area (Å²) in [6.07, 6.45) is 6.27. The van der Waals surface area contributed by atoms with E-state index in [0.717, 1.165) is 32.1 Å². The number of rotatable bonds is 10. The Balaban J connectivity index is 2.93. The van der Waals surface area contributed by atoms with Crippen molar-refractivity contribution < 1.29 is 8.42 Å². The van der Waals surface area contributed by atoms with Crippen LogP contribution in [0.3, 0.4) is 0 Å². The maximum atomic E-state index is 12.6. The first-order valence-corrected chi connectivity index (χ1v) is 9.24. The summed E-state index contributed by atoms with van der Waals surface area (Å²) in [6, 6.07) is 3.46. The molecule has 0 aliphatic carbocycles. The minimum atomic E-state index is -3.59. The van der Waals surface area contributed by atoms with Crippen molar-refractivity contribution in [2.45, 2.75) is 63.9 Å². The lowest BCUT2D eigenvalue weighted by atomic mass is 10.1. The Morgan fingerprint density at radius 2 is 1.95 bits per heavy atom. The predicted molar refractivity (Wildman–Crippen MR) is 86.9 cm³/mol. The fourth-order valence-corrected chi connectivity index (χ4v) is 3.68. The molecule has 1 aromatic heterocycles. The minimum Gasteiger partial charge on any atom is -0.383 e. The Labute approximate surface area is 128 Å². The minimum absolute atomic E-state index is 0.0172. The van der Waals surface area contributed by atoms with Crippen LogP contribution >= 0.6 is 0 Å². The molecule has 1 aromatic rings. The van der Waals surface area contributed by atoms with Gasteiger partial charge in [-0.15, -0.1) is 0 Å². The largest absolute Gasteiger partial charge is 0.383 e. The maximum Gasteiger partial charge on any atom is 0.260 e. The SMILES string of the molecule is CCCCC(CCC)NS(=O)(=O)c1ncccc1NCC. The number of nitrogens with one attached hydrogen (secondary N) is 2. The van der Waals surface area contributed by atoms with Crippen molar-refractivity contribution in [3.8, 4) is 0 Å². The van der Waals surface area contributed by atoms with E-state index in [1.165, 1.54) is 6.20 Å². The lowest BCUT2D eigenvalue weighted by Gasteiger charge is -2.18. The number of hydrogen-bond acceptors (Lipinski definition) is 4. The molecule has 0 saturated heterocycles. The predicted octanol–water partition coefficient (Wildman–Crippen LogP) is 3.15. The molecule has 6 heteroatoms. The second-order valence-electron chi connectivity index (χ2n) is 5.14. The van der Waals surface area contributed by atoms with Gasteiger partial charge >= 0.3 is 0 Å². The van der Waals surface area contributed by atoms with E-state index < -0.39 is 10.0 Å². The lowest BCUT2D eigenvalue weighted by molar-refractivity contribution is 0.482. The monoisotopic (exact) mass is 313 g/mol. The zero-order valence-electron chi connectivity index (χ0n) is 13.2. The average molecular weight is 313 g/mol. The van der Waals surface area contributed by atoms with Gasteiger partial charge in [-0.1, -0.05) is 33.1 Å². The molecule has 1 heterocycles. The van der Waals surface area contributed by atoms with Crippen molar-refractivity contribution in [2.24, 2.45) is 0 Å². The molecule has 21 heavy (non-hydrogen) atoms. The van der Waals surface area contributed by atoms with Gasteiger partial charge < -0.3 is 5.32 Å². The summed E-state index contributed by atoms with van der Waals surface area (Å²) in [4.78, 5) is 4.05. The fraction of sp³-hybridized carbons (Fsp3) is 0.667. The Morgan fingerprint density at radius 1 is 1.19 bits per heavy atom. The number of aromatic nitrogens is 1. The van der Waals surface area contributed by atoms with Gasteiger partial charge in [0, 0.05) is 18.8 Å². The van der Waals surface area contributed by atoms with Crippen molar-refractivity contribution in [3.05, 3.63) is 18.3 Å². The fourth-order valence-electron chi connectivity index (χ4n) is 2.27. The molecular weight excluding hydrogens is 286 g/mol. The molecule has 0 aromatic carbocycles. The number of sulfonamides is 1. The van der Waals surface area contributed by atoms with Crippen LogP contribution in [0.1, 0.15) is 52.9 Å². The molecule has 1 atom stereocenters. The molecule has 0 bridgehead atoms. The summed E-state index contributed by atoms with van der Waals surface area (Å²) in [5.74, 6) is 0. The standard InChI is InChI=1S/C15H27N3O2S/c1-4-7-10-13(9-5-2)18-21(19,20)15-14(16-6-3)11-8-12-17-15/h8,11-13,16,18H,4-7,9-10H2,1-3H3. The molecule has 0 amide bonds. The van der Waals surface area contributed by atoms with Crippen LogP contribution in [0.2, 0.25) is 0 Å². The normalized spacial score (nSPS) is 13.1. The third-order valence-corrected chi connectivity index (χ3v) is 4.74. The van der Waals surface area contributed by atoms with Crippen LogP contribution in [0.25, 0.3) is 0 Å². The summed E-state index contributed by atoms with van der Waals surface area (Å²) in [6.45, 7) is 6.76. The topological polar surface area (TPSA) is 71.1 Å². The van der Waals surface area contributed by atoms with Gasteiger partial charge in [0.15, 0.2) is 5.03 Å². The number of hydrogen-bond donors (Lipinski definition) is 2. The summed E-state index contributed by atoms with van der Waals surface area (Å²) in [5.41, 5.74) is 0.554. The lowest BCUT2D eigenvalue weighted by Crippen LogP contribution is -2.35. The van der Waals surface area contributed by atoms with Gasteiger partial charge in [0.2, 0.25) is 0 Å². The molecule has 0 spiro atoms. The van der Waals surface area contributed by atoms with Crippen molar-refractivity contribution in [1.29, 1.82) is 0 Å². The quantitative estimate of drug-likeness (QED) is 0.696. The second-order valence-corrected chi connectivity index (χ2v) is 6.76. The maximum absolute atomic E-state index is 12.6. The average Bonchev–Trinajstić information content (AvgIpc) is 2.45. The van der Waals surface area contributed by atoms with Gasteiger partial charge in [0.25, 0.3) is 10.0 Å². The molecule has 1 rings (SSSR count). The van der Waals surface area contributed by atoms with E-state index >= 15 is 0 Å². The van der Waals surface area contributed by atoms with Gasteiger partial charge in [-0.3, -0.25) is 0 Å². The van der Waals surface area contributed by atoms with Crippen molar-refractivity contribution in [2.75, 3.05) is 11.9 Å². The van der Waals surface area contributed by atoms with Crippen LogP contribution in [-0.4, -0.2) is 26.0 Å². The Hall–Kier alpha value is -1.14. The third-order valence-electron chi connectivity index (χ3n) is 3.26. The van der Waals surface area contributed by atoms with E-state index in [2.05, 4.69) is 28.9 Å². The van der Waals surface area contributed by atoms with Crippen LogP contribution in [0, 0.1) is 0 Å². The van der Waals surface area contributed by atoms with Crippen LogP contribution in [-0.2, 0) is 10.0 Å². The number of anilines is 1. The van der Waals surface area contributed by atoms with E-state index in [-0.39, 0.29) is 11.1 Å². The van der Waals surface area contributed by atoms with Gasteiger partial charge in [-0.05, 0) is 31.9 Å². The molecule has 120 valence electrons. The Kier molecular flexibility index (Phi) is 7.67. The van der Waals surface area contributed by atoms with Crippen LogP contribution in [0.15, 0.2) is 23.4 Å². The highest BCUT2D eigenvalue weighted by Gasteiger charge is 2.23. The molecule has 0 saturated carbocycles. The number of unbranched alkanes of at least 4 members (excludes halogenated alkanes) is 1. The Morgan fingerprint density at radius 3 is 2.57 bits per heavy atom. The Bertz CT molecular complexity index is 517. The van der Waals surface area contributed by atoms with Crippen molar-refractivity contribution in [3.63, 3.8) is 0 Å². The van der Waals surface area contributed by atoms with Gasteiger partial charge in [0.1, 0.15) is 0 Å². The highest BCUT2D eigenvalue weighted by molar-refractivity contribution is 7.89. The van der Waals surface area contributed by atoms with E-state index in [1.54, 1.807) is 12.1 Å². The molecule has 2 N–H and O–H groups in total. The number of nitrogens with zero attached hydrogens (tertiary/aromatic N) is 1. The molecular formula is C15H27N3O2S. The van der Waals surface area contributed by atoms with Crippen LogP contribution < -0.4 is 10.0 Å². The van der Waals surface area contributed by atoms with Crippen LogP contribution in [0.5, 0.6) is 0 Å². The van der Waals surface area contributed by atoms with Crippen molar-refractivity contribution >= 4 is 15.7 Å². The summed E-state index contributed by atoms with van der Waals surface area (Å²) in [5, 5.41) is 3.14. The van der Waals surface area contributed by atoms with E-state index in [9.17, 15) is 8.42 Å². The first-order chi connectivity index (χ1) is 10.0. The molecule has 0 aliphatic heterocycles. The molecule has 5 nitrogen and oxygen atoms in total. The number of pyridine rings is 1. The zero-order chi connectivity index (χ0) is 15.7. The molecule has 1 unspecified atom stereocenters. The summed E-state index contributed by atoms with van der Waals surface area (Å²) < 4.78 is 27.9. The van der Waals surface area contributed by atoms with E-state index in [1.807, 2.05) is 6.92 Å². The van der Waals surface area contributed by atoms with Gasteiger partial charge in [-0.2, -0.15) is 0 Å². The zero-order valence-corrected chi connectivity index (χ0v) is 14.0. The first-order valence-electron chi connectivity index (χ1n) is 7.76. The van der Waals surface area contributed by atoms with E-state index in [0.29, 0.717) is 12.2 Å². The van der Waals surface area contributed by atoms with Crippen molar-refractivity contribution in [1.82, 2.24) is 9.71 Å². The molecule has 0 radical (unpaired) electrons. The highest BCUT2D eigenvalue weighted by Crippen LogP contribution is 2.19. The first kappa shape index (κ1) is 17.9. The highest BCUT2D eigenvalue weighted by atomic mass is 32.2. The smallest absolute Gasteiger partial charge is 0.260 e. The second kappa shape index (κ2) is 9.00. The third kappa shape index (κ3) is 5.63. The van der Waals surface area contributed by atoms with Crippen LogP contribution in [0.4, 0.5) is 5.69 Å². The van der Waals surface area contributed by atoms with Gasteiger partial charge in [0.05, 0.1) is 5.69 Å². The summed E-state index contributed by atoms with van der Waals surface area (Å²) >= 11 is 0. The molecule has 0 fully saturated rings.